The Morgan fingerprint density at radius 2 is 1.88 bits per heavy atom. The normalized spacial score (nSPS) is 12.2. The average Bonchev–Trinajstić information content (AvgIpc) is 3.04. The van der Waals surface area contributed by atoms with Crippen molar-refractivity contribution in [2.75, 3.05) is 13.6 Å². The van der Waals surface area contributed by atoms with E-state index in [0.29, 0.717) is 24.6 Å². The quantitative estimate of drug-likeness (QED) is 0.792. The molecule has 1 heterocycles. The van der Waals surface area contributed by atoms with Crippen LogP contribution in [0.15, 0.2) is 36.4 Å². The van der Waals surface area contributed by atoms with Crippen molar-refractivity contribution < 1.29 is 9.59 Å². The van der Waals surface area contributed by atoms with Crippen LogP contribution in [-0.4, -0.2) is 46.1 Å². The fraction of sp³-hybridized carbons (Fsp3) is 0.389. The van der Waals surface area contributed by atoms with E-state index in [1.165, 1.54) is 10.7 Å². The van der Waals surface area contributed by atoms with Gasteiger partial charge in [-0.25, -0.2) is 4.68 Å². The summed E-state index contributed by atoms with van der Waals surface area (Å²) in [5, 5.41) is 4.28. The predicted molar refractivity (Wildman–Crippen MR) is 96.5 cm³/mol. The minimum atomic E-state index is -0.639. The van der Waals surface area contributed by atoms with Crippen molar-refractivity contribution in [2.24, 2.45) is 17.4 Å². The van der Waals surface area contributed by atoms with Crippen molar-refractivity contribution in [1.82, 2.24) is 14.7 Å². The molecule has 1 aromatic heterocycles. The zero-order valence-corrected chi connectivity index (χ0v) is 14.8. The summed E-state index contributed by atoms with van der Waals surface area (Å²) in [5.41, 5.74) is 12.5. The summed E-state index contributed by atoms with van der Waals surface area (Å²) < 4.78 is 1.39. The van der Waals surface area contributed by atoms with Gasteiger partial charge in [0.25, 0.3) is 11.8 Å². The number of hydrogen-bond donors (Lipinski definition) is 2. The number of carbonyl (C=O) groups is 2. The van der Waals surface area contributed by atoms with Crippen LogP contribution >= 0.6 is 0 Å². The number of rotatable bonds is 7. The highest BCUT2D eigenvalue weighted by Gasteiger charge is 2.21. The molecular formula is C18H25N5O2. The summed E-state index contributed by atoms with van der Waals surface area (Å²) >= 11 is 0. The highest BCUT2D eigenvalue weighted by molar-refractivity contribution is 5.97. The Bertz CT molecular complexity index is 739. The highest BCUT2D eigenvalue weighted by Crippen LogP contribution is 2.14. The first kappa shape index (κ1) is 18.7. The Labute approximate surface area is 147 Å². The number of aromatic nitrogens is 2. The van der Waals surface area contributed by atoms with E-state index in [1.807, 2.05) is 32.0 Å². The first-order valence-electron chi connectivity index (χ1n) is 8.27. The molecule has 0 aliphatic heterocycles. The van der Waals surface area contributed by atoms with Gasteiger partial charge in [0.15, 0.2) is 5.69 Å². The van der Waals surface area contributed by atoms with E-state index in [0.717, 1.165) is 0 Å². The third-order valence-electron chi connectivity index (χ3n) is 4.18. The number of para-hydroxylation sites is 1. The molecule has 7 heteroatoms. The lowest BCUT2D eigenvalue weighted by Crippen LogP contribution is -2.34. The number of benzene rings is 1. The standard InChI is InChI=1S/C18H25N5O2/c1-12(2)14(19)9-10-22(3)18(25)15-11-16(17(20)24)23(21-15)13-7-5-4-6-8-13/h4-8,11-12,14H,9-10,19H2,1-3H3,(H2,20,24). The molecule has 1 atom stereocenters. The number of amides is 2. The zero-order chi connectivity index (χ0) is 18.6. The molecule has 0 saturated carbocycles. The van der Waals surface area contributed by atoms with Gasteiger partial charge in [-0.15, -0.1) is 0 Å². The summed E-state index contributed by atoms with van der Waals surface area (Å²) in [6.45, 7) is 4.61. The van der Waals surface area contributed by atoms with Gasteiger partial charge in [0.2, 0.25) is 0 Å². The molecule has 2 rings (SSSR count). The van der Waals surface area contributed by atoms with E-state index in [4.69, 9.17) is 11.5 Å². The molecule has 4 N–H and O–H groups in total. The van der Waals surface area contributed by atoms with E-state index in [9.17, 15) is 9.59 Å². The van der Waals surface area contributed by atoms with Crippen molar-refractivity contribution in [3.8, 4) is 5.69 Å². The van der Waals surface area contributed by atoms with Crippen molar-refractivity contribution in [1.29, 1.82) is 0 Å². The van der Waals surface area contributed by atoms with E-state index in [-0.39, 0.29) is 23.3 Å². The largest absolute Gasteiger partial charge is 0.364 e. The monoisotopic (exact) mass is 343 g/mol. The lowest BCUT2D eigenvalue weighted by molar-refractivity contribution is 0.0782. The van der Waals surface area contributed by atoms with E-state index in [1.54, 1.807) is 24.1 Å². The molecule has 1 aromatic carbocycles. The van der Waals surface area contributed by atoms with Gasteiger partial charge in [-0.2, -0.15) is 5.10 Å². The molecule has 0 fully saturated rings. The molecule has 0 spiro atoms. The smallest absolute Gasteiger partial charge is 0.274 e. The zero-order valence-electron chi connectivity index (χ0n) is 14.8. The second-order valence-corrected chi connectivity index (χ2v) is 6.45. The summed E-state index contributed by atoms with van der Waals surface area (Å²) in [6, 6.07) is 10.5. The molecule has 1 unspecified atom stereocenters. The fourth-order valence-corrected chi connectivity index (χ4v) is 2.40. The van der Waals surface area contributed by atoms with Gasteiger partial charge in [0.05, 0.1) is 5.69 Å². The Morgan fingerprint density at radius 1 is 1.24 bits per heavy atom. The molecule has 0 aliphatic carbocycles. The topological polar surface area (TPSA) is 107 Å². The van der Waals surface area contributed by atoms with E-state index < -0.39 is 5.91 Å². The maximum Gasteiger partial charge on any atom is 0.274 e. The van der Waals surface area contributed by atoms with E-state index >= 15 is 0 Å². The van der Waals surface area contributed by atoms with Gasteiger partial charge in [-0.05, 0) is 24.5 Å². The van der Waals surface area contributed by atoms with Crippen LogP contribution in [0.5, 0.6) is 0 Å². The molecule has 0 aliphatic rings. The SMILES string of the molecule is CC(C)C(N)CCN(C)C(=O)c1cc(C(N)=O)n(-c2ccccc2)n1. The van der Waals surface area contributed by atoms with Crippen molar-refractivity contribution in [3.63, 3.8) is 0 Å². The molecule has 0 saturated heterocycles. The molecule has 2 aromatic rings. The Kier molecular flexibility index (Phi) is 5.93. The van der Waals surface area contributed by atoms with Crippen molar-refractivity contribution in [2.45, 2.75) is 26.3 Å². The van der Waals surface area contributed by atoms with Gasteiger partial charge in [0.1, 0.15) is 5.69 Å². The Hall–Kier alpha value is -2.67. The van der Waals surface area contributed by atoms with Gasteiger partial charge >= 0.3 is 0 Å². The number of nitrogens with two attached hydrogens (primary N) is 2. The van der Waals surface area contributed by atoms with Crippen molar-refractivity contribution >= 4 is 11.8 Å². The third kappa shape index (κ3) is 4.45. The first-order valence-corrected chi connectivity index (χ1v) is 8.27. The Balaban J connectivity index is 2.22. The van der Waals surface area contributed by atoms with Crippen LogP contribution in [0, 0.1) is 5.92 Å². The van der Waals surface area contributed by atoms with Gasteiger partial charge in [-0.3, -0.25) is 9.59 Å². The predicted octanol–water partition coefficient (Wildman–Crippen LogP) is 1.42. The van der Waals surface area contributed by atoms with Crippen LogP contribution < -0.4 is 11.5 Å². The number of nitrogens with zero attached hydrogens (tertiary/aromatic N) is 3. The van der Waals surface area contributed by atoms with Crippen LogP contribution in [0.1, 0.15) is 41.2 Å². The maximum absolute atomic E-state index is 12.6. The summed E-state index contributed by atoms with van der Waals surface area (Å²) in [5.74, 6) is -0.560. The number of primary amides is 1. The van der Waals surface area contributed by atoms with Gasteiger partial charge < -0.3 is 16.4 Å². The second-order valence-electron chi connectivity index (χ2n) is 6.45. The highest BCUT2D eigenvalue weighted by atomic mass is 16.2. The molecule has 0 bridgehead atoms. The average molecular weight is 343 g/mol. The maximum atomic E-state index is 12.6. The number of carbonyl (C=O) groups excluding carboxylic acids is 2. The molecule has 7 nitrogen and oxygen atoms in total. The lowest BCUT2D eigenvalue weighted by atomic mass is 10.0. The summed E-state index contributed by atoms with van der Waals surface area (Å²) in [6.07, 6.45) is 0.696. The molecular weight excluding hydrogens is 318 g/mol. The second kappa shape index (κ2) is 7.94. The lowest BCUT2D eigenvalue weighted by Gasteiger charge is -2.20. The Morgan fingerprint density at radius 3 is 2.44 bits per heavy atom. The fourth-order valence-electron chi connectivity index (χ4n) is 2.40. The van der Waals surface area contributed by atoms with Crippen LogP contribution in [-0.2, 0) is 0 Å². The molecule has 25 heavy (non-hydrogen) atoms. The summed E-state index contributed by atoms with van der Waals surface area (Å²) in [7, 11) is 1.70. The molecule has 134 valence electrons. The van der Waals surface area contributed by atoms with Crippen LogP contribution in [0.4, 0.5) is 0 Å². The van der Waals surface area contributed by atoms with Crippen LogP contribution in [0.3, 0.4) is 0 Å². The van der Waals surface area contributed by atoms with Crippen molar-refractivity contribution in [3.05, 3.63) is 47.8 Å². The number of hydrogen-bond acceptors (Lipinski definition) is 4. The van der Waals surface area contributed by atoms with Gasteiger partial charge in [-0.1, -0.05) is 32.0 Å². The van der Waals surface area contributed by atoms with Crippen LogP contribution in [0.25, 0.3) is 5.69 Å². The summed E-state index contributed by atoms with van der Waals surface area (Å²) in [4.78, 5) is 25.9. The van der Waals surface area contributed by atoms with Crippen LogP contribution in [0.2, 0.25) is 0 Å². The van der Waals surface area contributed by atoms with Gasteiger partial charge in [0, 0.05) is 25.7 Å². The van der Waals surface area contributed by atoms with E-state index in [2.05, 4.69) is 5.10 Å². The first-order chi connectivity index (χ1) is 11.8. The molecule has 2 amide bonds. The minimum absolute atomic E-state index is 0.0262. The molecule has 0 radical (unpaired) electrons. The third-order valence-corrected chi connectivity index (χ3v) is 4.18. The minimum Gasteiger partial charge on any atom is -0.364 e.